The molecule has 1 rings (SSSR count). The number of hydrogen-bond acceptors (Lipinski definition) is 0. The number of hydrogen-bond donors (Lipinski definition) is 0. The van der Waals surface area contributed by atoms with Gasteiger partial charge in [-0.05, 0) is 0 Å². The summed E-state index contributed by atoms with van der Waals surface area (Å²) in [6.07, 6.45) is 6.00. The van der Waals surface area contributed by atoms with Crippen LogP contribution in [0, 0.1) is 7.43 Å². The Morgan fingerprint density at radius 2 is 0.833 bits per heavy atom. The zero-order valence-electron chi connectivity index (χ0n) is 4.24. The van der Waals surface area contributed by atoms with Crippen LogP contribution in [0.15, 0.2) is 0 Å². The molecule has 0 N–H and O–H groups in total. The van der Waals surface area contributed by atoms with Gasteiger partial charge in [0.2, 0.25) is 0 Å². The minimum Gasteiger partial charge on any atom is -0.358 e. The molecule has 0 aliphatic heterocycles. The minimum atomic E-state index is 0. The van der Waals surface area contributed by atoms with Crippen molar-refractivity contribution < 1.29 is 21.1 Å². The maximum atomic E-state index is 1.50. The third-order valence-electron chi connectivity index (χ3n) is 1.000. The third kappa shape index (κ3) is 2.90. The van der Waals surface area contributed by atoms with Crippen LogP contribution in [0.25, 0.3) is 0 Å². The van der Waals surface area contributed by atoms with Crippen LogP contribution in [0.3, 0.4) is 0 Å². The topological polar surface area (TPSA) is 0 Å². The van der Waals surface area contributed by atoms with E-state index in [0.29, 0.717) is 0 Å². The van der Waals surface area contributed by atoms with Crippen LogP contribution >= 0.6 is 0 Å². The molecule has 1 aliphatic carbocycles. The molecule has 0 radical (unpaired) electrons. The van der Waals surface area contributed by atoms with Gasteiger partial charge >= 0.3 is 0 Å². The molecule has 1 heteroatoms. The Balaban J connectivity index is 0. The second-order valence-corrected chi connectivity index (χ2v) is 1.41. The maximum Gasteiger partial charge on any atom is 0 e. The van der Waals surface area contributed by atoms with Crippen molar-refractivity contribution in [2.45, 2.75) is 25.7 Å². The molecule has 38 valence electrons. The molecular weight excluding hydrogens is 244 g/mol. The Morgan fingerprint density at radius 1 is 0.667 bits per heavy atom. The molecule has 0 aromatic rings. The third-order valence-corrected chi connectivity index (χ3v) is 1.000. The monoisotopic (exact) mass is 255 g/mol. The van der Waals surface area contributed by atoms with Gasteiger partial charge < -0.3 is 7.43 Å². The first-order valence-corrected chi connectivity index (χ1v) is 2.00. The molecule has 6 heavy (non-hydrogen) atoms. The van der Waals surface area contributed by atoms with Gasteiger partial charge in [-0.15, -0.1) is 0 Å². The summed E-state index contributed by atoms with van der Waals surface area (Å²) in [6.45, 7) is 0. The van der Waals surface area contributed by atoms with E-state index in [1.165, 1.54) is 25.7 Å². The normalized spacial score (nSPS) is 16.0. The molecule has 1 fully saturated rings. The van der Waals surface area contributed by atoms with Crippen molar-refractivity contribution in [1.29, 1.82) is 0 Å². The van der Waals surface area contributed by atoms with Crippen LogP contribution in [-0.4, -0.2) is 0 Å². The summed E-state index contributed by atoms with van der Waals surface area (Å²) < 4.78 is 0. The molecule has 0 aromatic carbocycles. The Morgan fingerprint density at radius 3 is 0.833 bits per heavy atom. The molecule has 0 unspecified atom stereocenters. The molecule has 0 spiro atoms. The molecule has 0 heterocycles. The molecule has 0 amide bonds. The summed E-state index contributed by atoms with van der Waals surface area (Å²) >= 11 is 0. The van der Waals surface area contributed by atoms with Crippen molar-refractivity contribution in [2.24, 2.45) is 0 Å². The number of rotatable bonds is 0. The zero-order chi connectivity index (χ0) is 2.83. The summed E-state index contributed by atoms with van der Waals surface area (Å²) in [5.74, 6) is 0. The molecule has 1 aliphatic rings. The smallest absolute Gasteiger partial charge is 0 e. The summed E-state index contributed by atoms with van der Waals surface area (Å²) in [7, 11) is 0. The van der Waals surface area contributed by atoms with Crippen molar-refractivity contribution in [3.63, 3.8) is 0 Å². The van der Waals surface area contributed by atoms with E-state index in [9.17, 15) is 0 Å². The van der Waals surface area contributed by atoms with E-state index in [2.05, 4.69) is 0 Å². The van der Waals surface area contributed by atoms with Crippen molar-refractivity contribution in [2.75, 3.05) is 0 Å². The second kappa shape index (κ2) is 5.69. The average Bonchev–Trinajstić information content (AvgIpc) is 0.722. The Kier molecular flexibility index (Phi) is 9.33. The molecule has 0 bridgehead atoms. The quantitative estimate of drug-likeness (QED) is 0.581. The summed E-state index contributed by atoms with van der Waals surface area (Å²) in [4.78, 5) is 0. The van der Waals surface area contributed by atoms with E-state index in [0.717, 1.165) is 0 Å². The molecular formula is C5H11W-. The summed E-state index contributed by atoms with van der Waals surface area (Å²) in [5, 5.41) is 0. The van der Waals surface area contributed by atoms with Crippen LogP contribution in [0.1, 0.15) is 25.7 Å². The fourth-order valence-corrected chi connectivity index (χ4v) is 0.250. The predicted molar refractivity (Wildman–Crippen MR) is 24.9 cm³/mol. The first-order chi connectivity index (χ1) is 2.00. The Hall–Kier alpha value is 0.688. The van der Waals surface area contributed by atoms with Gasteiger partial charge in [0.25, 0.3) is 0 Å². The first kappa shape index (κ1) is 9.85. The van der Waals surface area contributed by atoms with E-state index in [-0.39, 0.29) is 28.5 Å². The van der Waals surface area contributed by atoms with E-state index in [1.54, 1.807) is 0 Å². The Labute approximate surface area is 54.6 Å². The van der Waals surface area contributed by atoms with Gasteiger partial charge in [-0.25, -0.2) is 0 Å². The van der Waals surface area contributed by atoms with E-state index >= 15 is 0 Å². The van der Waals surface area contributed by atoms with Crippen molar-refractivity contribution in [3.8, 4) is 0 Å². The van der Waals surface area contributed by atoms with E-state index in [1.807, 2.05) is 0 Å². The van der Waals surface area contributed by atoms with Gasteiger partial charge in [-0.1, -0.05) is 25.7 Å². The first-order valence-electron chi connectivity index (χ1n) is 2.00. The predicted octanol–water partition coefficient (Wildman–Crippen LogP) is 2.01. The van der Waals surface area contributed by atoms with E-state index < -0.39 is 0 Å². The van der Waals surface area contributed by atoms with Crippen LogP contribution in [-0.2, 0) is 21.1 Å². The van der Waals surface area contributed by atoms with Gasteiger partial charge in [-0.3, -0.25) is 0 Å². The van der Waals surface area contributed by atoms with Crippen molar-refractivity contribution in [1.82, 2.24) is 0 Å². The largest absolute Gasteiger partial charge is 0.358 e. The van der Waals surface area contributed by atoms with Crippen molar-refractivity contribution >= 4 is 0 Å². The molecule has 0 aromatic heterocycles. The van der Waals surface area contributed by atoms with Gasteiger partial charge in [-0.2, -0.15) is 0 Å². The van der Waals surface area contributed by atoms with Crippen LogP contribution in [0.2, 0.25) is 0 Å². The standard InChI is InChI=1S/C4H8.CH3.W/c1-2-4-3-1;;/h1-4H2;1H3;/q;-1;. The van der Waals surface area contributed by atoms with Gasteiger partial charge in [0.15, 0.2) is 0 Å². The average molecular weight is 255 g/mol. The minimum absolute atomic E-state index is 0. The molecule has 0 atom stereocenters. The fourth-order valence-electron chi connectivity index (χ4n) is 0.250. The van der Waals surface area contributed by atoms with Gasteiger partial charge in [0.05, 0.1) is 0 Å². The van der Waals surface area contributed by atoms with Gasteiger partial charge in [0, 0.05) is 21.1 Å². The van der Waals surface area contributed by atoms with E-state index in [4.69, 9.17) is 0 Å². The molecule has 1 saturated carbocycles. The van der Waals surface area contributed by atoms with Crippen LogP contribution < -0.4 is 0 Å². The Bertz CT molecular complexity index is 11.9. The zero-order valence-corrected chi connectivity index (χ0v) is 7.17. The summed E-state index contributed by atoms with van der Waals surface area (Å²) in [5.41, 5.74) is 0. The van der Waals surface area contributed by atoms with Crippen molar-refractivity contribution in [3.05, 3.63) is 7.43 Å². The second-order valence-electron chi connectivity index (χ2n) is 1.41. The van der Waals surface area contributed by atoms with Gasteiger partial charge in [0.1, 0.15) is 0 Å². The SMILES string of the molecule is C1CCC1.[CH3-].[W]. The van der Waals surface area contributed by atoms with Crippen LogP contribution in [0.4, 0.5) is 0 Å². The summed E-state index contributed by atoms with van der Waals surface area (Å²) in [6, 6.07) is 0. The van der Waals surface area contributed by atoms with Crippen LogP contribution in [0.5, 0.6) is 0 Å². The fraction of sp³-hybridized carbons (Fsp3) is 0.800. The maximum absolute atomic E-state index is 1.50. The molecule has 0 nitrogen and oxygen atoms in total. The molecule has 0 saturated heterocycles.